The van der Waals surface area contributed by atoms with Gasteiger partial charge in [0.1, 0.15) is 0 Å². The number of rotatable bonds is 1. The summed E-state index contributed by atoms with van der Waals surface area (Å²) in [5.74, 6) is 1.60. The monoisotopic (exact) mass is 210 g/mol. The van der Waals surface area contributed by atoms with Gasteiger partial charge in [-0.05, 0) is 46.6 Å². The quantitative estimate of drug-likeness (QED) is 0.661. The third-order valence-corrected chi connectivity index (χ3v) is 3.98. The van der Waals surface area contributed by atoms with E-state index in [4.69, 9.17) is 0 Å². The molecule has 16 heavy (non-hydrogen) atoms. The highest BCUT2D eigenvalue weighted by Crippen LogP contribution is 2.34. The minimum atomic E-state index is 0.781. The Balaban J connectivity index is 2.20. The predicted octanol–water partition coefficient (Wildman–Crippen LogP) is 4.21. The standard InChI is InChI=1S/C16H18/c1-11(2)15-9-13-7-3-5-12-6-4-8-14(10-15)16(12)13/h3-8,11,15H,9-10H2,1-2H3. The van der Waals surface area contributed by atoms with E-state index in [0.29, 0.717) is 0 Å². The van der Waals surface area contributed by atoms with Gasteiger partial charge in [-0.1, -0.05) is 50.2 Å². The molecule has 82 valence electrons. The van der Waals surface area contributed by atoms with Crippen LogP contribution >= 0.6 is 0 Å². The van der Waals surface area contributed by atoms with Crippen molar-refractivity contribution in [1.29, 1.82) is 0 Å². The molecular weight excluding hydrogens is 192 g/mol. The molecule has 0 saturated carbocycles. The minimum Gasteiger partial charge on any atom is -0.0625 e. The Morgan fingerprint density at radius 3 is 2.00 bits per heavy atom. The smallest absolute Gasteiger partial charge is 0.0120 e. The van der Waals surface area contributed by atoms with Gasteiger partial charge in [0.15, 0.2) is 0 Å². The zero-order valence-electron chi connectivity index (χ0n) is 10.0. The van der Waals surface area contributed by atoms with Crippen LogP contribution in [-0.2, 0) is 12.8 Å². The maximum absolute atomic E-state index is 2.35. The van der Waals surface area contributed by atoms with E-state index in [1.54, 1.807) is 11.1 Å². The number of benzene rings is 2. The minimum absolute atomic E-state index is 0.781. The first kappa shape index (κ1) is 9.89. The molecule has 2 aromatic carbocycles. The largest absolute Gasteiger partial charge is 0.0625 e. The second-order valence-corrected chi connectivity index (χ2v) is 5.34. The van der Waals surface area contributed by atoms with E-state index in [-0.39, 0.29) is 0 Å². The third kappa shape index (κ3) is 1.44. The number of hydrogen-bond acceptors (Lipinski definition) is 0. The molecule has 0 heterocycles. The molecule has 0 amide bonds. The molecule has 0 heteroatoms. The second-order valence-electron chi connectivity index (χ2n) is 5.34. The van der Waals surface area contributed by atoms with Crippen LogP contribution in [0, 0.1) is 11.8 Å². The van der Waals surface area contributed by atoms with Gasteiger partial charge in [-0.2, -0.15) is 0 Å². The fraction of sp³-hybridized carbons (Fsp3) is 0.375. The molecule has 0 radical (unpaired) electrons. The van der Waals surface area contributed by atoms with Crippen molar-refractivity contribution in [3.05, 3.63) is 47.5 Å². The lowest BCUT2D eigenvalue weighted by Crippen LogP contribution is -2.19. The van der Waals surface area contributed by atoms with Crippen molar-refractivity contribution in [3.8, 4) is 0 Å². The van der Waals surface area contributed by atoms with Gasteiger partial charge in [0.05, 0.1) is 0 Å². The Bertz CT molecular complexity index is 482. The zero-order valence-corrected chi connectivity index (χ0v) is 10.0. The average molecular weight is 210 g/mol. The molecular formula is C16H18. The van der Waals surface area contributed by atoms with Crippen LogP contribution in [-0.4, -0.2) is 0 Å². The number of hydrogen-bond donors (Lipinski definition) is 0. The first-order valence-electron chi connectivity index (χ1n) is 6.25. The Morgan fingerprint density at radius 2 is 1.50 bits per heavy atom. The highest BCUT2D eigenvalue weighted by atomic mass is 14.3. The molecule has 1 aliphatic carbocycles. The summed E-state index contributed by atoms with van der Waals surface area (Å²) in [6.45, 7) is 4.69. The summed E-state index contributed by atoms with van der Waals surface area (Å²) in [4.78, 5) is 0. The maximum atomic E-state index is 2.35. The Labute approximate surface area is 97.3 Å². The lowest BCUT2D eigenvalue weighted by Gasteiger charge is -2.27. The van der Waals surface area contributed by atoms with E-state index in [9.17, 15) is 0 Å². The first-order chi connectivity index (χ1) is 7.75. The lowest BCUT2D eigenvalue weighted by atomic mass is 9.77. The van der Waals surface area contributed by atoms with Crippen LogP contribution in [0.15, 0.2) is 36.4 Å². The SMILES string of the molecule is CC(C)C1Cc2cccc3cccc(c23)C1. The van der Waals surface area contributed by atoms with Crippen LogP contribution in [0.25, 0.3) is 10.8 Å². The maximum Gasteiger partial charge on any atom is -0.0120 e. The molecule has 0 nitrogen and oxygen atoms in total. The van der Waals surface area contributed by atoms with Crippen molar-refractivity contribution in [2.24, 2.45) is 11.8 Å². The summed E-state index contributed by atoms with van der Waals surface area (Å²) in [6, 6.07) is 13.5. The molecule has 0 N–H and O–H groups in total. The summed E-state index contributed by atoms with van der Waals surface area (Å²) in [5.41, 5.74) is 3.11. The fourth-order valence-electron chi connectivity index (χ4n) is 2.95. The molecule has 0 aliphatic heterocycles. The second kappa shape index (κ2) is 3.62. The van der Waals surface area contributed by atoms with Gasteiger partial charge in [0, 0.05) is 0 Å². The molecule has 0 bridgehead atoms. The van der Waals surface area contributed by atoms with E-state index < -0.39 is 0 Å². The van der Waals surface area contributed by atoms with E-state index in [1.807, 2.05) is 0 Å². The normalized spacial score (nSPS) is 15.9. The van der Waals surface area contributed by atoms with Gasteiger partial charge >= 0.3 is 0 Å². The van der Waals surface area contributed by atoms with Crippen LogP contribution in [0.2, 0.25) is 0 Å². The van der Waals surface area contributed by atoms with Gasteiger partial charge in [0.25, 0.3) is 0 Å². The Morgan fingerprint density at radius 1 is 0.938 bits per heavy atom. The molecule has 0 spiro atoms. The van der Waals surface area contributed by atoms with E-state index >= 15 is 0 Å². The van der Waals surface area contributed by atoms with Crippen molar-refractivity contribution in [2.45, 2.75) is 26.7 Å². The molecule has 2 aromatic rings. The summed E-state index contributed by atoms with van der Waals surface area (Å²) in [6.07, 6.45) is 2.51. The van der Waals surface area contributed by atoms with Crippen LogP contribution < -0.4 is 0 Å². The predicted molar refractivity (Wildman–Crippen MR) is 69.7 cm³/mol. The highest BCUT2D eigenvalue weighted by molar-refractivity contribution is 5.89. The van der Waals surface area contributed by atoms with E-state index in [1.165, 1.54) is 23.6 Å². The van der Waals surface area contributed by atoms with Gasteiger partial charge in [0.2, 0.25) is 0 Å². The van der Waals surface area contributed by atoms with Crippen LogP contribution in [0.1, 0.15) is 25.0 Å². The fourth-order valence-corrected chi connectivity index (χ4v) is 2.95. The van der Waals surface area contributed by atoms with Crippen molar-refractivity contribution in [3.63, 3.8) is 0 Å². The van der Waals surface area contributed by atoms with Crippen LogP contribution in [0.4, 0.5) is 0 Å². The molecule has 1 aliphatic rings. The first-order valence-corrected chi connectivity index (χ1v) is 6.25. The van der Waals surface area contributed by atoms with Gasteiger partial charge in [-0.15, -0.1) is 0 Å². The summed E-state index contributed by atoms with van der Waals surface area (Å²) in [7, 11) is 0. The molecule has 0 fully saturated rings. The van der Waals surface area contributed by atoms with Crippen molar-refractivity contribution >= 4 is 10.8 Å². The average Bonchev–Trinajstić information content (AvgIpc) is 2.29. The van der Waals surface area contributed by atoms with Crippen LogP contribution in [0.5, 0.6) is 0 Å². The van der Waals surface area contributed by atoms with E-state index in [2.05, 4.69) is 50.2 Å². The van der Waals surface area contributed by atoms with Gasteiger partial charge in [-0.25, -0.2) is 0 Å². The topological polar surface area (TPSA) is 0 Å². The van der Waals surface area contributed by atoms with Gasteiger partial charge in [-0.3, -0.25) is 0 Å². The molecule has 0 saturated heterocycles. The Kier molecular flexibility index (Phi) is 2.24. The van der Waals surface area contributed by atoms with Crippen LogP contribution in [0.3, 0.4) is 0 Å². The van der Waals surface area contributed by atoms with Gasteiger partial charge < -0.3 is 0 Å². The van der Waals surface area contributed by atoms with Crippen molar-refractivity contribution < 1.29 is 0 Å². The molecule has 0 atom stereocenters. The Hall–Kier alpha value is -1.30. The zero-order chi connectivity index (χ0) is 11.1. The summed E-state index contributed by atoms with van der Waals surface area (Å²) >= 11 is 0. The molecule has 0 unspecified atom stereocenters. The van der Waals surface area contributed by atoms with E-state index in [0.717, 1.165) is 11.8 Å². The summed E-state index contributed by atoms with van der Waals surface area (Å²) in [5, 5.41) is 2.94. The molecule has 0 aromatic heterocycles. The highest BCUT2D eigenvalue weighted by Gasteiger charge is 2.22. The lowest BCUT2D eigenvalue weighted by molar-refractivity contribution is 0.376. The van der Waals surface area contributed by atoms with Crippen molar-refractivity contribution in [2.75, 3.05) is 0 Å². The molecule has 3 rings (SSSR count). The summed E-state index contributed by atoms with van der Waals surface area (Å²) < 4.78 is 0. The van der Waals surface area contributed by atoms with Crippen molar-refractivity contribution in [1.82, 2.24) is 0 Å². The third-order valence-electron chi connectivity index (χ3n) is 3.98.